The summed E-state index contributed by atoms with van der Waals surface area (Å²) < 4.78 is 16.3. The highest BCUT2D eigenvalue weighted by atomic mass is 35.5. The summed E-state index contributed by atoms with van der Waals surface area (Å²) in [4.78, 5) is 40.8. The monoisotopic (exact) mass is 559 g/mol. The maximum absolute atomic E-state index is 13.9. The van der Waals surface area contributed by atoms with Crippen molar-refractivity contribution in [1.82, 2.24) is 4.90 Å². The first kappa shape index (κ1) is 27.0. The maximum atomic E-state index is 13.9. The van der Waals surface area contributed by atoms with Gasteiger partial charge in [0.05, 0.1) is 30.9 Å². The lowest BCUT2D eigenvalue weighted by Gasteiger charge is -2.27. The number of nitrogens with zero attached hydrogens (tertiary/aromatic N) is 1. The van der Waals surface area contributed by atoms with E-state index in [0.717, 1.165) is 5.56 Å². The van der Waals surface area contributed by atoms with Crippen LogP contribution in [0.25, 0.3) is 11.0 Å². The average molecular weight is 560 g/mol. The van der Waals surface area contributed by atoms with E-state index in [2.05, 4.69) is 0 Å². The zero-order chi connectivity index (χ0) is 28.6. The topological polar surface area (TPSA) is 106 Å². The number of fused-ring (bicyclic) bond motifs is 1. The molecule has 2 heterocycles. The number of hydrogen-bond donors (Lipinski definition) is 1. The molecule has 3 aromatic carbocycles. The molecule has 4 aromatic rings. The van der Waals surface area contributed by atoms with Gasteiger partial charge >= 0.3 is 5.97 Å². The molecule has 1 atom stereocenters. The summed E-state index contributed by atoms with van der Waals surface area (Å²) in [6, 6.07) is 17.9. The van der Waals surface area contributed by atoms with Crippen LogP contribution >= 0.6 is 11.6 Å². The Morgan fingerprint density at radius 2 is 1.82 bits per heavy atom. The predicted molar refractivity (Wildman–Crippen MR) is 149 cm³/mol. The second-order valence-corrected chi connectivity index (χ2v) is 9.83. The largest absolute Gasteiger partial charge is 0.503 e. The van der Waals surface area contributed by atoms with E-state index in [1.807, 2.05) is 25.1 Å². The lowest BCUT2D eigenvalue weighted by atomic mass is 9.94. The van der Waals surface area contributed by atoms with E-state index in [1.165, 1.54) is 18.1 Å². The van der Waals surface area contributed by atoms with E-state index in [4.69, 9.17) is 25.5 Å². The van der Waals surface area contributed by atoms with Gasteiger partial charge in [-0.2, -0.15) is 0 Å². The van der Waals surface area contributed by atoms with Gasteiger partial charge in [0.15, 0.2) is 22.9 Å². The molecule has 1 unspecified atom stereocenters. The van der Waals surface area contributed by atoms with Gasteiger partial charge in [-0.3, -0.25) is 9.59 Å². The number of esters is 1. The maximum Gasteiger partial charge on any atom is 0.338 e. The zero-order valence-corrected chi connectivity index (χ0v) is 22.8. The molecule has 1 aromatic heterocycles. The summed E-state index contributed by atoms with van der Waals surface area (Å²) in [5.41, 5.74) is 2.88. The van der Waals surface area contributed by atoms with Gasteiger partial charge in [0.25, 0.3) is 5.91 Å². The minimum absolute atomic E-state index is 0.0665. The van der Waals surface area contributed by atoms with E-state index >= 15 is 0 Å². The first-order valence-electron chi connectivity index (χ1n) is 12.6. The van der Waals surface area contributed by atoms with Crippen LogP contribution in [-0.4, -0.2) is 41.4 Å². The van der Waals surface area contributed by atoms with Crippen LogP contribution in [0.1, 0.15) is 50.6 Å². The molecule has 1 N–H and O–H groups in total. The third-order valence-electron chi connectivity index (χ3n) is 6.71. The highest BCUT2D eigenvalue weighted by molar-refractivity contribution is 6.31. The number of carbonyl (C=O) groups is 3. The molecular weight excluding hydrogens is 534 g/mol. The second kappa shape index (κ2) is 10.9. The van der Waals surface area contributed by atoms with Crippen molar-refractivity contribution in [2.24, 2.45) is 0 Å². The fraction of sp³-hybridized carbons (Fsp3) is 0.194. The molecule has 1 aliphatic heterocycles. The van der Waals surface area contributed by atoms with Gasteiger partial charge in [-0.15, -0.1) is 0 Å². The average Bonchev–Trinajstić information content (AvgIpc) is 3.47. The number of methoxy groups -OCH3 is 1. The number of Topliss-reactive ketones (excluding diaryl/α,β-unsaturated/α-hetero) is 1. The van der Waals surface area contributed by atoms with Gasteiger partial charge in [0.1, 0.15) is 0 Å². The Labute approximate surface area is 235 Å². The number of ketones is 1. The third kappa shape index (κ3) is 4.94. The van der Waals surface area contributed by atoms with Gasteiger partial charge in [-0.1, -0.05) is 53.6 Å². The lowest BCUT2D eigenvalue weighted by molar-refractivity contribution is -0.130. The number of ether oxygens (including phenoxy) is 2. The van der Waals surface area contributed by atoms with Crippen molar-refractivity contribution < 1.29 is 33.4 Å². The first-order valence-corrected chi connectivity index (χ1v) is 13.0. The number of hydrogen-bond acceptors (Lipinski definition) is 7. The van der Waals surface area contributed by atoms with E-state index in [-0.39, 0.29) is 24.5 Å². The number of aliphatic hydroxyl groups excluding tert-OH is 1. The number of benzene rings is 3. The Morgan fingerprint density at radius 1 is 1.07 bits per heavy atom. The SMILES string of the molecule is CCOC(=O)c1ccc(CN2C(=O)C(O)=C(C(=O)c3cc4cc(Cl)cc(OC)c4o3)C2c2cccc(C)c2)cc1. The summed E-state index contributed by atoms with van der Waals surface area (Å²) >= 11 is 6.18. The second-order valence-electron chi connectivity index (χ2n) is 9.40. The summed E-state index contributed by atoms with van der Waals surface area (Å²) in [7, 11) is 1.46. The quantitative estimate of drug-likeness (QED) is 0.198. The molecule has 40 heavy (non-hydrogen) atoms. The van der Waals surface area contributed by atoms with Crippen LogP contribution < -0.4 is 4.74 Å². The summed E-state index contributed by atoms with van der Waals surface area (Å²) in [6.45, 7) is 3.96. The third-order valence-corrected chi connectivity index (χ3v) is 6.93. The lowest BCUT2D eigenvalue weighted by Crippen LogP contribution is -2.30. The Hall–Kier alpha value is -4.56. The van der Waals surface area contributed by atoms with Crippen LogP contribution in [-0.2, 0) is 16.1 Å². The molecule has 0 saturated heterocycles. The highest BCUT2D eigenvalue weighted by Crippen LogP contribution is 2.41. The van der Waals surface area contributed by atoms with Crippen LogP contribution in [0.3, 0.4) is 0 Å². The molecule has 0 radical (unpaired) electrons. The number of rotatable bonds is 8. The Morgan fingerprint density at radius 3 is 2.50 bits per heavy atom. The smallest absolute Gasteiger partial charge is 0.338 e. The molecular formula is C31H26ClNO7. The van der Waals surface area contributed by atoms with E-state index < -0.39 is 29.5 Å². The van der Waals surface area contributed by atoms with Crippen molar-refractivity contribution in [1.29, 1.82) is 0 Å². The fourth-order valence-electron chi connectivity index (χ4n) is 4.87. The van der Waals surface area contributed by atoms with Gasteiger partial charge < -0.3 is 23.9 Å². The molecule has 204 valence electrons. The summed E-state index contributed by atoms with van der Waals surface area (Å²) in [5.74, 6) is -2.13. The number of furan rings is 1. The molecule has 0 saturated carbocycles. The van der Waals surface area contributed by atoms with Crippen molar-refractivity contribution >= 4 is 40.2 Å². The van der Waals surface area contributed by atoms with E-state index in [0.29, 0.717) is 38.4 Å². The summed E-state index contributed by atoms with van der Waals surface area (Å²) in [5, 5.41) is 12.0. The van der Waals surface area contributed by atoms with Crippen molar-refractivity contribution in [2.75, 3.05) is 13.7 Å². The molecule has 9 heteroatoms. The normalized spacial score (nSPS) is 15.2. The van der Waals surface area contributed by atoms with Crippen molar-refractivity contribution in [3.05, 3.63) is 111 Å². The van der Waals surface area contributed by atoms with Gasteiger partial charge in [-0.25, -0.2) is 4.79 Å². The molecule has 5 rings (SSSR count). The van der Waals surface area contributed by atoms with Gasteiger partial charge in [-0.05, 0) is 49.2 Å². The molecule has 8 nitrogen and oxygen atoms in total. The Kier molecular flexibility index (Phi) is 7.36. The number of carbonyl (C=O) groups excluding carboxylic acids is 3. The zero-order valence-electron chi connectivity index (χ0n) is 22.1. The molecule has 0 spiro atoms. The molecule has 0 aliphatic carbocycles. The fourth-order valence-corrected chi connectivity index (χ4v) is 5.09. The molecule has 0 bridgehead atoms. The first-order chi connectivity index (χ1) is 19.2. The highest BCUT2D eigenvalue weighted by Gasteiger charge is 2.44. The predicted octanol–water partition coefficient (Wildman–Crippen LogP) is 6.36. The molecule has 1 aliphatic rings. The minimum atomic E-state index is -0.886. The van der Waals surface area contributed by atoms with Gasteiger partial charge in [0, 0.05) is 23.0 Å². The van der Waals surface area contributed by atoms with Crippen LogP contribution in [0.4, 0.5) is 0 Å². The number of halogens is 1. The number of aliphatic hydroxyl groups is 1. The Balaban J connectivity index is 1.54. The van der Waals surface area contributed by atoms with Crippen LogP contribution in [0.2, 0.25) is 5.02 Å². The van der Waals surface area contributed by atoms with Gasteiger partial charge in [0.2, 0.25) is 5.78 Å². The molecule has 0 fully saturated rings. The van der Waals surface area contributed by atoms with Crippen LogP contribution in [0.15, 0.2) is 82.5 Å². The number of amides is 1. The van der Waals surface area contributed by atoms with Crippen LogP contribution in [0.5, 0.6) is 5.75 Å². The summed E-state index contributed by atoms with van der Waals surface area (Å²) in [6.07, 6.45) is 0. The van der Waals surface area contributed by atoms with Crippen molar-refractivity contribution in [3.63, 3.8) is 0 Å². The van der Waals surface area contributed by atoms with Crippen LogP contribution in [0, 0.1) is 6.92 Å². The number of aryl methyl sites for hydroxylation is 1. The van der Waals surface area contributed by atoms with Crippen molar-refractivity contribution in [2.45, 2.75) is 26.4 Å². The minimum Gasteiger partial charge on any atom is -0.503 e. The standard InChI is InChI=1S/C31H26ClNO7/c1-4-39-31(37)19-10-8-18(9-11-19)16-33-26(20-7-5-6-17(2)12-20)25(28(35)30(33)36)27(34)23-14-21-13-22(32)15-24(38-3)29(21)40-23/h5-15,26,35H,4,16H2,1-3H3. The van der Waals surface area contributed by atoms with Crippen molar-refractivity contribution in [3.8, 4) is 5.75 Å². The van der Waals surface area contributed by atoms with E-state index in [1.54, 1.807) is 49.4 Å². The Bertz CT molecular complexity index is 1670. The molecule has 1 amide bonds. The van der Waals surface area contributed by atoms with E-state index in [9.17, 15) is 19.5 Å².